The molecule has 0 aliphatic carbocycles. The Hall–Kier alpha value is -0.450. The van der Waals surface area contributed by atoms with E-state index >= 15 is 0 Å². The molecule has 0 saturated heterocycles. The highest BCUT2D eigenvalue weighted by atomic mass is 31.2. The second-order valence-corrected chi connectivity index (χ2v) is 3.54. The first kappa shape index (κ1) is 9.55. The molecule has 0 heterocycles. The van der Waals surface area contributed by atoms with Gasteiger partial charge in [0, 0.05) is 11.3 Å². The van der Waals surface area contributed by atoms with Crippen molar-refractivity contribution in [3.63, 3.8) is 0 Å². The average molecular weight is 169 g/mol. The standard InChI is InChI=1S/C3H8NO5P/c1-2-3(4(5)6)10(7,8)9/h3H,2H2,1H3,(H2,7,8,9). The van der Waals surface area contributed by atoms with Crippen molar-refractivity contribution in [1.82, 2.24) is 0 Å². The first-order valence-corrected chi connectivity index (χ1v) is 4.26. The van der Waals surface area contributed by atoms with Gasteiger partial charge in [-0.05, 0) is 0 Å². The summed E-state index contributed by atoms with van der Waals surface area (Å²) in [5.41, 5.74) is 0. The summed E-state index contributed by atoms with van der Waals surface area (Å²) >= 11 is 0. The van der Waals surface area contributed by atoms with Crippen LogP contribution in [0.15, 0.2) is 0 Å². The molecule has 1 atom stereocenters. The van der Waals surface area contributed by atoms with Crippen molar-refractivity contribution in [3.05, 3.63) is 10.1 Å². The Morgan fingerprint density at radius 3 is 2.10 bits per heavy atom. The molecule has 1 unspecified atom stereocenters. The third kappa shape index (κ3) is 2.43. The summed E-state index contributed by atoms with van der Waals surface area (Å²) in [4.78, 5) is 25.6. The Kier molecular flexibility index (Phi) is 2.96. The van der Waals surface area contributed by atoms with E-state index in [1.165, 1.54) is 6.92 Å². The summed E-state index contributed by atoms with van der Waals surface area (Å²) in [7, 11) is -4.53. The van der Waals surface area contributed by atoms with E-state index in [2.05, 4.69) is 0 Å². The van der Waals surface area contributed by atoms with Crippen LogP contribution in [-0.2, 0) is 4.57 Å². The maximum atomic E-state index is 10.3. The zero-order valence-corrected chi connectivity index (χ0v) is 6.19. The molecule has 0 bridgehead atoms. The molecule has 0 rings (SSSR count). The maximum absolute atomic E-state index is 10.3. The molecule has 60 valence electrons. The van der Waals surface area contributed by atoms with E-state index in [0.29, 0.717) is 0 Å². The lowest BCUT2D eigenvalue weighted by atomic mass is 10.5. The van der Waals surface area contributed by atoms with Crippen molar-refractivity contribution in [2.75, 3.05) is 0 Å². The van der Waals surface area contributed by atoms with E-state index in [1.807, 2.05) is 0 Å². The van der Waals surface area contributed by atoms with Crippen LogP contribution in [0.4, 0.5) is 0 Å². The molecule has 0 amide bonds. The van der Waals surface area contributed by atoms with Gasteiger partial charge in [0.2, 0.25) is 0 Å². The first-order valence-electron chi connectivity index (χ1n) is 2.58. The first-order chi connectivity index (χ1) is 4.39. The minimum absolute atomic E-state index is 0.155. The van der Waals surface area contributed by atoms with Crippen molar-refractivity contribution in [1.29, 1.82) is 0 Å². The second-order valence-electron chi connectivity index (χ2n) is 1.76. The van der Waals surface area contributed by atoms with E-state index in [-0.39, 0.29) is 6.42 Å². The van der Waals surface area contributed by atoms with Crippen LogP contribution in [0.2, 0.25) is 0 Å². The highest BCUT2D eigenvalue weighted by molar-refractivity contribution is 7.52. The van der Waals surface area contributed by atoms with Crippen LogP contribution in [0.3, 0.4) is 0 Å². The summed E-state index contributed by atoms with van der Waals surface area (Å²) in [5, 5.41) is 9.89. The molecule has 10 heavy (non-hydrogen) atoms. The predicted molar refractivity (Wildman–Crippen MR) is 33.1 cm³/mol. The van der Waals surface area contributed by atoms with E-state index in [0.717, 1.165) is 0 Å². The minimum Gasteiger partial charge on any atom is -0.320 e. The van der Waals surface area contributed by atoms with Gasteiger partial charge < -0.3 is 9.79 Å². The lowest BCUT2D eigenvalue weighted by Gasteiger charge is -2.06. The van der Waals surface area contributed by atoms with Gasteiger partial charge in [0.25, 0.3) is 0 Å². The van der Waals surface area contributed by atoms with Crippen LogP contribution in [-0.4, -0.2) is 20.5 Å². The van der Waals surface area contributed by atoms with Crippen molar-refractivity contribution >= 4 is 7.60 Å². The van der Waals surface area contributed by atoms with Crippen LogP contribution in [0, 0.1) is 10.1 Å². The Balaban J connectivity index is 4.38. The van der Waals surface area contributed by atoms with Crippen molar-refractivity contribution in [3.8, 4) is 0 Å². The van der Waals surface area contributed by atoms with Crippen molar-refractivity contribution in [2.24, 2.45) is 0 Å². The van der Waals surface area contributed by atoms with E-state index in [4.69, 9.17) is 9.79 Å². The van der Waals surface area contributed by atoms with Gasteiger partial charge in [0.1, 0.15) is 0 Å². The van der Waals surface area contributed by atoms with Crippen LogP contribution < -0.4 is 0 Å². The molecule has 0 radical (unpaired) electrons. The third-order valence-electron chi connectivity index (χ3n) is 0.997. The minimum atomic E-state index is -4.53. The molecule has 6 nitrogen and oxygen atoms in total. The fourth-order valence-corrected chi connectivity index (χ4v) is 1.23. The molecule has 0 saturated carbocycles. The maximum Gasteiger partial charge on any atom is 0.398 e. The molecule has 2 N–H and O–H groups in total. The van der Waals surface area contributed by atoms with Crippen molar-refractivity contribution in [2.45, 2.75) is 19.1 Å². The molecule has 0 aliphatic heterocycles. The Labute approximate surface area is 57.2 Å². The Morgan fingerprint density at radius 2 is 2.10 bits per heavy atom. The third-order valence-corrected chi connectivity index (χ3v) is 2.33. The van der Waals surface area contributed by atoms with Gasteiger partial charge in [-0.3, -0.25) is 14.7 Å². The lowest BCUT2D eigenvalue weighted by molar-refractivity contribution is -0.501. The van der Waals surface area contributed by atoms with Gasteiger partial charge >= 0.3 is 13.4 Å². The van der Waals surface area contributed by atoms with Gasteiger partial charge in [0.05, 0.1) is 0 Å². The molecule has 0 aromatic rings. The van der Waals surface area contributed by atoms with E-state index < -0.39 is 18.3 Å². The summed E-state index contributed by atoms with van der Waals surface area (Å²) < 4.78 is 10.3. The van der Waals surface area contributed by atoms with Gasteiger partial charge in [-0.2, -0.15) is 0 Å². The number of hydrogen-bond acceptors (Lipinski definition) is 3. The number of rotatable bonds is 3. The highest BCUT2D eigenvalue weighted by Gasteiger charge is 2.37. The van der Waals surface area contributed by atoms with Crippen LogP contribution in [0.5, 0.6) is 0 Å². The lowest BCUT2D eigenvalue weighted by Crippen LogP contribution is -2.17. The average Bonchev–Trinajstić information content (AvgIpc) is 1.60. The Bertz CT molecular complexity index is 174. The van der Waals surface area contributed by atoms with Gasteiger partial charge in [0.15, 0.2) is 0 Å². The largest absolute Gasteiger partial charge is 0.398 e. The second kappa shape index (κ2) is 3.09. The summed E-state index contributed by atoms with van der Waals surface area (Å²) in [6.07, 6.45) is -0.155. The fourth-order valence-electron chi connectivity index (χ4n) is 0.510. The molecule has 0 fully saturated rings. The molecular formula is C3H8NO5P. The molecule has 0 aromatic heterocycles. The number of nitrogens with zero attached hydrogens (tertiary/aromatic N) is 1. The van der Waals surface area contributed by atoms with Crippen molar-refractivity contribution < 1.29 is 19.3 Å². The quantitative estimate of drug-likeness (QED) is 0.356. The normalized spacial score (nSPS) is 14.7. The monoisotopic (exact) mass is 169 g/mol. The SMILES string of the molecule is CCC([N+](=O)[O-])P(=O)(O)O. The smallest absolute Gasteiger partial charge is 0.320 e. The predicted octanol–water partition coefficient (Wildman–Crippen LogP) is 0.177. The summed E-state index contributed by atoms with van der Waals surface area (Å²) in [5.74, 6) is -1.74. The van der Waals surface area contributed by atoms with E-state index in [9.17, 15) is 14.7 Å². The van der Waals surface area contributed by atoms with Gasteiger partial charge in [-0.1, -0.05) is 6.92 Å². The molecular weight excluding hydrogens is 161 g/mol. The Morgan fingerprint density at radius 1 is 1.70 bits per heavy atom. The molecule has 0 aromatic carbocycles. The van der Waals surface area contributed by atoms with E-state index in [1.54, 1.807) is 0 Å². The van der Waals surface area contributed by atoms with Gasteiger partial charge in [-0.15, -0.1) is 0 Å². The molecule has 0 spiro atoms. The summed E-state index contributed by atoms with van der Waals surface area (Å²) in [6, 6.07) is 0. The topological polar surface area (TPSA) is 101 Å². The van der Waals surface area contributed by atoms with Crippen LogP contribution in [0.25, 0.3) is 0 Å². The fraction of sp³-hybridized carbons (Fsp3) is 1.00. The van der Waals surface area contributed by atoms with Crippen LogP contribution >= 0.6 is 7.60 Å². The highest BCUT2D eigenvalue weighted by Crippen LogP contribution is 2.42. The molecule has 7 heteroatoms. The van der Waals surface area contributed by atoms with Crippen LogP contribution in [0.1, 0.15) is 13.3 Å². The number of hydrogen-bond donors (Lipinski definition) is 2. The summed E-state index contributed by atoms with van der Waals surface area (Å²) in [6.45, 7) is 1.35. The molecule has 0 aliphatic rings. The zero-order chi connectivity index (χ0) is 8.36. The zero-order valence-electron chi connectivity index (χ0n) is 5.30. The van der Waals surface area contributed by atoms with Gasteiger partial charge in [-0.25, -0.2) is 0 Å². The number of nitro groups is 1.